The van der Waals surface area contributed by atoms with Gasteiger partial charge in [-0.1, -0.05) is 36.4 Å². The third-order valence-corrected chi connectivity index (χ3v) is 10.7. The smallest absolute Gasteiger partial charge is 0.265 e. The minimum absolute atomic E-state index is 1.06. The van der Waals surface area contributed by atoms with E-state index >= 15 is 0 Å². The lowest BCUT2D eigenvalue weighted by Gasteiger charge is -2.16. The first-order chi connectivity index (χ1) is 9.32. The molecule has 1 heterocycles. The Kier molecular flexibility index (Phi) is 3.72. The van der Waals surface area contributed by atoms with Crippen molar-refractivity contribution in [3.8, 4) is 0 Å². The van der Waals surface area contributed by atoms with E-state index < -0.39 is 4.90 Å². The maximum Gasteiger partial charge on any atom is 0.265 e. The van der Waals surface area contributed by atoms with Crippen molar-refractivity contribution in [3.05, 3.63) is 79.1 Å². The molecule has 19 heavy (non-hydrogen) atoms. The van der Waals surface area contributed by atoms with E-state index in [1.54, 1.807) is 6.26 Å². The van der Waals surface area contributed by atoms with Gasteiger partial charge in [0.1, 0.15) is 10.6 Å². The zero-order valence-electron chi connectivity index (χ0n) is 10.2. The van der Waals surface area contributed by atoms with Gasteiger partial charge in [0.2, 0.25) is 4.90 Å². The van der Waals surface area contributed by atoms with Crippen molar-refractivity contribution >= 4 is 43.1 Å². The summed E-state index contributed by atoms with van der Waals surface area (Å²) in [5.41, 5.74) is 1.06. The van der Waals surface area contributed by atoms with Crippen LogP contribution in [-0.2, 0) is 0 Å². The van der Waals surface area contributed by atoms with Crippen LogP contribution in [-0.4, -0.2) is 0 Å². The molecule has 94 valence electrons. The Morgan fingerprint density at radius 1 is 0.684 bits per heavy atom. The molecule has 0 amide bonds. The van der Waals surface area contributed by atoms with E-state index in [0.717, 1.165) is 5.50 Å². The van der Waals surface area contributed by atoms with Crippen molar-refractivity contribution in [2.24, 2.45) is 0 Å². The summed E-state index contributed by atoms with van der Waals surface area (Å²) in [6.45, 7) is 0. The summed E-state index contributed by atoms with van der Waals surface area (Å²) in [6, 6.07) is 25.3. The number of furan rings is 1. The highest BCUT2D eigenvalue weighted by Gasteiger charge is 2.46. The number of hydrogen-bond donors (Lipinski definition) is 0. The summed E-state index contributed by atoms with van der Waals surface area (Å²) in [4.78, 5) is -1.68. The van der Waals surface area contributed by atoms with E-state index in [9.17, 15) is 0 Å². The molecule has 0 fully saturated rings. The fourth-order valence-corrected chi connectivity index (χ4v) is 7.34. The highest BCUT2D eigenvalue weighted by molar-refractivity contribution is 14.2. The molecule has 1 nitrogen and oxygen atoms in total. The summed E-state index contributed by atoms with van der Waals surface area (Å²) in [5.74, 6) is 0. The van der Waals surface area contributed by atoms with Crippen LogP contribution in [0.4, 0.5) is 0 Å². The van der Waals surface area contributed by atoms with Crippen molar-refractivity contribution in [1.82, 2.24) is 0 Å². The van der Waals surface area contributed by atoms with E-state index in [1.165, 1.54) is 10.6 Å². The molecule has 0 aliphatic heterocycles. The molecule has 0 radical (unpaired) electrons. The predicted octanol–water partition coefficient (Wildman–Crippen LogP) is 3.92. The van der Waals surface area contributed by atoms with Gasteiger partial charge in [0.05, 0.1) is 6.26 Å². The first kappa shape index (κ1) is 12.9. The lowest BCUT2D eigenvalue weighted by Crippen LogP contribution is -2.25. The Bertz CT molecular complexity index is 596. The molecule has 0 saturated heterocycles. The molecule has 2 aromatic carbocycles. The van der Waals surface area contributed by atoms with Crippen LogP contribution in [0.5, 0.6) is 0 Å². The zero-order valence-corrected chi connectivity index (χ0v) is 13.3. The van der Waals surface area contributed by atoms with E-state index in [4.69, 9.17) is 4.42 Å². The van der Waals surface area contributed by atoms with Gasteiger partial charge in [0.25, 0.3) is 5.50 Å². The van der Waals surface area contributed by atoms with Crippen molar-refractivity contribution in [3.63, 3.8) is 0 Å². The SMILES string of the molecule is I[P+](c1ccccc1)(c1ccccc1)c1ccco1. The molecule has 0 unspecified atom stereocenters. The maximum atomic E-state index is 5.75. The standard InChI is InChI=1S/C16H13IOP/c17-19(16-12-7-13-18-16,14-8-3-1-4-9-14)15-10-5-2-6-11-15/h1-13H/q+1. The molecular weight excluding hydrogens is 366 g/mol. The second kappa shape index (κ2) is 5.48. The molecule has 0 N–H and O–H groups in total. The van der Waals surface area contributed by atoms with Crippen LogP contribution in [0.15, 0.2) is 83.5 Å². The summed E-state index contributed by atoms with van der Waals surface area (Å²) < 4.78 is 5.75. The van der Waals surface area contributed by atoms with Gasteiger partial charge < -0.3 is 4.42 Å². The van der Waals surface area contributed by atoms with Crippen molar-refractivity contribution in [2.45, 2.75) is 0 Å². The fourth-order valence-electron chi connectivity index (χ4n) is 2.12. The van der Waals surface area contributed by atoms with Crippen molar-refractivity contribution in [1.29, 1.82) is 0 Å². The third-order valence-electron chi connectivity index (χ3n) is 3.03. The number of hydrogen-bond acceptors (Lipinski definition) is 1. The highest BCUT2D eigenvalue weighted by atomic mass is 127. The van der Waals surface area contributed by atoms with Crippen LogP contribution in [0.1, 0.15) is 0 Å². The normalized spacial score (nSPS) is 11.4. The van der Waals surface area contributed by atoms with Crippen LogP contribution >= 0.6 is 26.9 Å². The Hall–Kier alpha value is -1.12. The largest absolute Gasteiger partial charge is 0.434 e. The molecule has 1 aromatic heterocycles. The number of halogens is 1. The van der Waals surface area contributed by atoms with E-state index in [0.29, 0.717) is 0 Å². The van der Waals surface area contributed by atoms with Crippen LogP contribution in [0.2, 0.25) is 0 Å². The van der Waals surface area contributed by atoms with Gasteiger partial charge >= 0.3 is 0 Å². The van der Waals surface area contributed by atoms with E-state index in [2.05, 4.69) is 88.8 Å². The molecule has 0 atom stereocenters. The second-order valence-electron chi connectivity index (χ2n) is 4.21. The molecule has 0 aliphatic rings. The van der Waals surface area contributed by atoms with Crippen LogP contribution in [0.3, 0.4) is 0 Å². The highest BCUT2D eigenvalue weighted by Crippen LogP contribution is 2.63. The molecule has 0 bridgehead atoms. The Morgan fingerprint density at radius 3 is 1.63 bits per heavy atom. The fraction of sp³-hybridized carbons (Fsp3) is 0. The average molecular weight is 379 g/mol. The van der Waals surface area contributed by atoms with E-state index in [-0.39, 0.29) is 0 Å². The zero-order chi connectivity index (χ0) is 13.1. The lowest BCUT2D eigenvalue weighted by atomic mass is 10.4. The molecule has 3 rings (SSSR count). The Labute approximate surface area is 126 Å². The van der Waals surface area contributed by atoms with Gasteiger partial charge in [-0.3, -0.25) is 0 Å². The van der Waals surface area contributed by atoms with Gasteiger partial charge in [-0.25, -0.2) is 0 Å². The molecule has 3 heteroatoms. The van der Waals surface area contributed by atoms with Gasteiger partial charge in [-0.15, -0.1) is 0 Å². The van der Waals surface area contributed by atoms with Gasteiger partial charge in [-0.05, 0) is 30.3 Å². The summed E-state index contributed by atoms with van der Waals surface area (Å²) in [7, 11) is 0. The maximum absolute atomic E-state index is 5.75. The van der Waals surface area contributed by atoms with Crippen molar-refractivity contribution < 1.29 is 4.42 Å². The minimum Gasteiger partial charge on any atom is -0.434 e. The monoisotopic (exact) mass is 379 g/mol. The van der Waals surface area contributed by atoms with E-state index in [1.807, 2.05) is 6.07 Å². The van der Waals surface area contributed by atoms with Crippen LogP contribution in [0.25, 0.3) is 0 Å². The summed E-state index contributed by atoms with van der Waals surface area (Å²) in [6.07, 6.45) is 1.76. The molecule has 3 aromatic rings. The lowest BCUT2D eigenvalue weighted by molar-refractivity contribution is 0.603. The van der Waals surface area contributed by atoms with Gasteiger partial charge in [0, 0.05) is 6.07 Å². The Morgan fingerprint density at radius 2 is 1.21 bits per heavy atom. The molecule has 0 aliphatic carbocycles. The quantitative estimate of drug-likeness (QED) is 0.497. The number of rotatable bonds is 3. The minimum atomic E-state index is -1.68. The third kappa shape index (κ3) is 2.35. The summed E-state index contributed by atoms with van der Waals surface area (Å²) in [5, 5.41) is 2.66. The van der Waals surface area contributed by atoms with Crippen LogP contribution in [0, 0.1) is 0 Å². The van der Waals surface area contributed by atoms with Crippen molar-refractivity contribution in [2.75, 3.05) is 0 Å². The first-order valence-electron chi connectivity index (χ1n) is 6.06. The second-order valence-corrected chi connectivity index (χ2v) is 11.2. The Balaban J connectivity index is 2.23. The molecule has 0 spiro atoms. The van der Waals surface area contributed by atoms with Crippen LogP contribution < -0.4 is 16.1 Å². The van der Waals surface area contributed by atoms with Gasteiger partial charge in [-0.2, -0.15) is 0 Å². The number of benzene rings is 2. The average Bonchev–Trinajstić information content (AvgIpc) is 3.03. The molecule has 0 saturated carbocycles. The summed E-state index contributed by atoms with van der Waals surface area (Å²) >= 11 is 2.59. The first-order valence-corrected chi connectivity index (χ1v) is 10.6. The van der Waals surface area contributed by atoms with Gasteiger partial charge in [0.15, 0.2) is 22.0 Å². The molecular formula is C16H13IOP+. The topological polar surface area (TPSA) is 13.1 Å². The predicted molar refractivity (Wildman–Crippen MR) is 91.4 cm³/mol.